The van der Waals surface area contributed by atoms with E-state index in [-0.39, 0.29) is 6.10 Å². The van der Waals surface area contributed by atoms with Crippen molar-refractivity contribution in [2.24, 2.45) is 7.05 Å². The molecule has 6 rings (SSSR count). The molecule has 4 aromatic heterocycles. The van der Waals surface area contributed by atoms with Crippen LogP contribution in [0.2, 0.25) is 0 Å². The average Bonchev–Trinajstić information content (AvgIpc) is 3.38. The van der Waals surface area contributed by atoms with Crippen LogP contribution in [0.25, 0.3) is 10.9 Å². The van der Waals surface area contributed by atoms with Crippen LogP contribution in [-0.2, 0) is 18.4 Å². The molecule has 5 heterocycles. The molecule has 1 N–H and O–H groups in total. The van der Waals surface area contributed by atoms with Gasteiger partial charge in [-0.1, -0.05) is 0 Å². The second-order valence-corrected chi connectivity index (χ2v) is 9.68. The number of aryl methyl sites for hydroxylation is 1. The molecule has 11 nitrogen and oxygen atoms in total. The molecule has 4 aromatic rings. The fraction of sp³-hybridized carbons (Fsp3) is 0.444. The summed E-state index contributed by atoms with van der Waals surface area (Å²) < 4.78 is 19.7. The van der Waals surface area contributed by atoms with Crippen LogP contribution in [0.3, 0.4) is 0 Å². The Morgan fingerprint density at radius 2 is 1.84 bits per heavy atom. The maximum absolute atomic E-state index is 6.49. The number of hydrogen-bond donors (Lipinski definition) is 1. The van der Waals surface area contributed by atoms with Gasteiger partial charge in [0.1, 0.15) is 24.4 Å². The number of nitrogens with one attached hydrogen (secondary N) is 1. The molecule has 0 bridgehead atoms. The van der Waals surface area contributed by atoms with Crippen LogP contribution in [0, 0.1) is 0 Å². The van der Waals surface area contributed by atoms with Crippen molar-refractivity contribution in [2.45, 2.75) is 44.4 Å². The van der Waals surface area contributed by atoms with Crippen LogP contribution >= 0.6 is 0 Å². The molecular weight excluding hydrogens is 484 g/mol. The highest BCUT2D eigenvalue weighted by Crippen LogP contribution is 2.31. The van der Waals surface area contributed by atoms with Gasteiger partial charge in [-0.3, -0.25) is 4.98 Å². The van der Waals surface area contributed by atoms with Crippen molar-refractivity contribution in [3.63, 3.8) is 0 Å². The van der Waals surface area contributed by atoms with E-state index in [2.05, 4.69) is 30.2 Å². The second kappa shape index (κ2) is 11.2. The number of nitrogens with zero attached hydrogens (tertiary/aromatic N) is 7. The van der Waals surface area contributed by atoms with Crippen LogP contribution in [0.1, 0.15) is 31.5 Å². The minimum atomic E-state index is 0.103. The standard InChI is InChI=1S/C27H32N8O3/c1-34-10-9-29-25(34)18-37-21-16-30-27(31-17-21)32-19-4-6-20(7-5-19)38-26-22-3-2-8-28-23(22)15-24(33-26)35-11-13-36-14-12-35/h2-3,8-10,15-17,19-20H,4-7,11-14,18H2,1H3,(H,30,31,32)/t19-,20+. The van der Waals surface area contributed by atoms with E-state index >= 15 is 0 Å². The normalized spacial score (nSPS) is 19.9. The Balaban J connectivity index is 1.04. The van der Waals surface area contributed by atoms with Crippen molar-refractivity contribution in [1.82, 2.24) is 29.5 Å². The fourth-order valence-corrected chi connectivity index (χ4v) is 4.89. The Hall–Kier alpha value is -3.99. The van der Waals surface area contributed by atoms with Crippen LogP contribution in [0.5, 0.6) is 11.6 Å². The molecule has 1 aliphatic heterocycles. The summed E-state index contributed by atoms with van der Waals surface area (Å²) in [5.74, 6) is 3.63. The van der Waals surface area contributed by atoms with E-state index in [0.717, 1.165) is 61.3 Å². The quantitative estimate of drug-likeness (QED) is 0.374. The van der Waals surface area contributed by atoms with E-state index in [1.165, 1.54) is 0 Å². The highest BCUT2D eigenvalue weighted by Gasteiger charge is 2.25. The van der Waals surface area contributed by atoms with Gasteiger partial charge in [-0.2, -0.15) is 4.98 Å². The lowest BCUT2D eigenvalue weighted by molar-refractivity contribution is 0.122. The van der Waals surface area contributed by atoms with Crippen molar-refractivity contribution in [3.05, 3.63) is 55.0 Å². The monoisotopic (exact) mass is 516 g/mol. The molecule has 11 heteroatoms. The molecule has 38 heavy (non-hydrogen) atoms. The lowest BCUT2D eigenvalue weighted by atomic mass is 9.93. The first-order valence-corrected chi connectivity index (χ1v) is 13.1. The number of pyridine rings is 2. The van der Waals surface area contributed by atoms with Crippen molar-refractivity contribution in [2.75, 3.05) is 36.5 Å². The van der Waals surface area contributed by atoms with E-state index in [0.29, 0.717) is 43.4 Å². The average molecular weight is 517 g/mol. The summed E-state index contributed by atoms with van der Waals surface area (Å²) in [7, 11) is 1.94. The van der Waals surface area contributed by atoms with Gasteiger partial charge in [0.25, 0.3) is 0 Å². The summed E-state index contributed by atoms with van der Waals surface area (Å²) in [5.41, 5.74) is 0.902. The zero-order valence-corrected chi connectivity index (χ0v) is 21.5. The molecule has 0 atom stereocenters. The van der Waals surface area contributed by atoms with Gasteiger partial charge in [-0.15, -0.1) is 0 Å². The molecule has 2 fully saturated rings. The smallest absolute Gasteiger partial charge is 0.225 e. The van der Waals surface area contributed by atoms with Crippen molar-refractivity contribution in [3.8, 4) is 11.6 Å². The molecule has 198 valence electrons. The number of fused-ring (bicyclic) bond motifs is 1. The number of morpholine rings is 1. The van der Waals surface area contributed by atoms with Gasteiger partial charge in [0, 0.05) is 50.8 Å². The Morgan fingerprint density at radius 1 is 1.03 bits per heavy atom. The van der Waals surface area contributed by atoms with Crippen LogP contribution < -0.4 is 19.7 Å². The van der Waals surface area contributed by atoms with Gasteiger partial charge < -0.3 is 29.0 Å². The molecule has 0 radical (unpaired) electrons. The topological polar surface area (TPSA) is 112 Å². The number of hydrogen-bond acceptors (Lipinski definition) is 10. The number of anilines is 2. The Labute approximate surface area is 221 Å². The van der Waals surface area contributed by atoms with Crippen molar-refractivity contribution >= 4 is 22.7 Å². The van der Waals surface area contributed by atoms with Crippen molar-refractivity contribution in [1.29, 1.82) is 0 Å². The molecule has 0 spiro atoms. The first-order valence-electron chi connectivity index (χ1n) is 13.1. The number of imidazole rings is 1. The maximum atomic E-state index is 6.49. The summed E-state index contributed by atoms with van der Waals surface area (Å²) in [6.07, 6.45) is 12.7. The summed E-state index contributed by atoms with van der Waals surface area (Å²) in [5, 5.41) is 4.41. The first-order chi connectivity index (χ1) is 18.7. The zero-order chi connectivity index (χ0) is 25.7. The molecule has 1 saturated carbocycles. The minimum absolute atomic E-state index is 0.103. The van der Waals surface area contributed by atoms with Gasteiger partial charge >= 0.3 is 0 Å². The Morgan fingerprint density at radius 3 is 2.61 bits per heavy atom. The van der Waals surface area contributed by atoms with Crippen LogP contribution in [-0.4, -0.2) is 67.9 Å². The molecular formula is C27H32N8O3. The third kappa shape index (κ3) is 5.62. The van der Waals surface area contributed by atoms with Gasteiger partial charge in [0.15, 0.2) is 5.75 Å². The molecule has 0 amide bonds. The Kier molecular flexibility index (Phi) is 7.16. The number of rotatable bonds is 8. The van der Waals surface area contributed by atoms with Gasteiger partial charge in [-0.05, 0) is 37.8 Å². The SMILES string of the molecule is Cn1ccnc1COc1cnc(N[C@H]2CC[C@@H](Oc3nc(N4CCOCC4)cc4ncccc34)CC2)nc1. The van der Waals surface area contributed by atoms with Crippen LogP contribution in [0.4, 0.5) is 11.8 Å². The summed E-state index contributed by atoms with van der Waals surface area (Å²) in [4.78, 5) is 24.8. The maximum Gasteiger partial charge on any atom is 0.225 e. The lowest BCUT2D eigenvalue weighted by Crippen LogP contribution is -2.37. The van der Waals surface area contributed by atoms with Gasteiger partial charge in [0.2, 0.25) is 11.8 Å². The van der Waals surface area contributed by atoms with Gasteiger partial charge in [0.05, 0.1) is 36.5 Å². The Bertz CT molecular complexity index is 1350. The minimum Gasteiger partial charge on any atom is -0.482 e. The highest BCUT2D eigenvalue weighted by atomic mass is 16.5. The molecule has 0 unspecified atom stereocenters. The predicted molar refractivity (Wildman–Crippen MR) is 142 cm³/mol. The van der Waals surface area contributed by atoms with E-state index in [4.69, 9.17) is 19.2 Å². The summed E-state index contributed by atoms with van der Waals surface area (Å²) in [6, 6.07) is 6.30. The summed E-state index contributed by atoms with van der Waals surface area (Å²) >= 11 is 0. The largest absolute Gasteiger partial charge is 0.482 e. The number of ether oxygens (including phenoxy) is 3. The van der Waals surface area contributed by atoms with E-state index in [1.807, 2.05) is 42.2 Å². The van der Waals surface area contributed by atoms with Crippen LogP contribution in [0.15, 0.2) is 49.2 Å². The van der Waals surface area contributed by atoms with E-state index < -0.39 is 0 Å². The van der Waals surface area contributed by atoms with E-state index in [1.54, 1.807) is 18.6 Å². The summed E-state index contributed by atoms with van der Waals surface area (Å²) in [6.45, 7) is 3.43. The molecule has 1 aliphatic carbocycles. The van der Waals surface area contributed by atoms with Gasteiger partial charge in [-0.25, -0.2) is 15.0 Å². The molecule has 1 saturated heterocycles. The molecule has 0 aromatic carbocycles. The fourth-order valence-electron chi connectivity index (χ4n) is 4.89. The lowest BCUT2D eigenvalue weighted by Gasteiger charge is -2.31. The van der Waals surface area contributed by atoms with E-state index in [9.17, 15) is 0 Å². The zero-order valence-electron chi connectivity index (χ0n) is 21.5. The second-order valence-electron chi connectivity index (χ2n) is 9.68. The van der Waals surface area contributed by atoms with Crippen molar-refractivity contribution < 1.29 is 14.2 Å². The highest BCUT2D eigenvalue weighted by molar-refractivity contribution is 5.85. The number of aromatic nitrogens is 6. The predicted octanol–water partition coefficient (Wildman–Crippen LogP) is 3.37. The first kappa shape index (κ1) is 24.4. The third-order valence-corrected chi connectivity index (χ3v) is 7.09. The molecule has 2 aliphatic rings. The third-order valence-electron chi connectivity index (χ3n) is 7.09.